The van der Waals surface area contributed by atoms with Crippen molar-refractivity contribution in [3.63, 3.8) is 0 Å². The number of aromatic nitrogens is 1. The van der Waals surface area contributed by atoms with Crippen LogP contribution in [0.15, 0.2) is 24.5 Å². The first-order chi connectivity index (χ1) is 9.74. The van der Waals surface area contributed by atoms with Crippen LogP contribution in [0, 0.1) is 0 Å². The van der Waals surface area contributed by atoms with Gasteiger partial charge in [0.05, 0.1) is 5.56 Å². The van der Waals surface area contributed by atoms with E-state index in [2.05, 4.69) is 22.8 Å². The molecule has 20 heavy (non-hydrogen) atoms. The molecule has 0 aromatic carbocycles. The average molecular weight is 277 g/mol. The van der Waals surface area contributed by atoms with Crippen LogP contribution in [-0.4, -0.2) is 16.8 Å². The van der Waals surface area contributed by atoms with Gasteiger partial charge in [-0.1, -0.05) is 39.0 Å². The highest BCUT2D eigenvalue weighted by Gasteiger charge is 2.06. The first-order valence-electron chi connectivity index (χ1n) is 7.23. The molecule has 0 aliphatic heterocycles. The lowest BCUT2D eigenvalue weighted by atomic mass is 10.1. The van der Waals surface area contributed by atoms with Crippen molar-refractivity contribution in [1.82, 2.24) is 15.8 Å². The van der Waals surface area contributed by atoms with Crippen molar-refractivity contribution in [2.75, 3.05) is 0 Å². The predicted octanol–water partition coefficient (Wildman–Crippen LogP) is 2.59. The molecule has 0 bridgehead atoms. The molecule has 0 aliphatic rings. The summed E-state index contributed by atoms with van der Waals surface area (Å²) in [7, 11) is 0. The molecule has 1 aromatic rings. The Morgan fingerprint density at radius 2 is 1.85 bits per heavy atom. The normalized spacial score (nSPS) is 10.1. The van der Waals surface area contributed by atoms with Crippen molar-refractivity contribution in [3.05, 3.63) is 30.1 Å². The van der Waals surface area contributed by atoms with E-state index in [0.717, 1.165) is 12.8 Å². The summed E-state index contributed by atoms with van der Waals surface area (Å²) in [4.78, 5) is 27.0. The second-order valence-corrected chi connectivity index (χ2v) is 4.76. The van der Waals surface area contributed by atoms with Gasteiger partial charge in [0.15, 0.2) is 0 Å². The number of hydrogen-bond donors (Lipinski definition) is 2. The van der Waals surface area contributed by atoms with E-state index in [-0.39, 0.29) is 11.8 Å². The third kappa shape index (κ3) is 6.87. The quantitative estimate of drug-likeness (QED) is 0.566. The number of hydrogen-bond acceptors (Lipinski definition) is 3. The average Bonchev–Trinajstić information content (AvgIpc) is 2.49. The third-order valence-electron chi connectivity index (χ3n) is 3.00. The van der Waals surface area contributed by atoms with Crippen molar-refractivity contribution < 1.29 is 9.59 Å². The van der Waals surface area contributed by atoms with Gasteiger partial charge in [-0.05, 0) is 18.6 Å². The molecular formula is C15H23N3O2. The zero-order chi connectivity index (χ0) is 14.6. The van der Waals surface area contributed by atoms with Crippen LogP contribution in [0.1, 0.15) is 62.2 Å². The lowest BCUT2D eigenvalue weighted by Crippen LogP contribution is -2.41. The summed E-state index contributed by atoms with van der Waals surface area (Å²) >= 11 is 0. The largest absolute Gasteiger partial charge is 0.273 e. The molecule has 0 saturated carbocycles. The summed E-state index contributed by atoms with van der Waals surface area (Å²) in [6.07, 6.45) is 10.3. The Hall–Kier alpha value is -1.91. The summed E-state index contributed by atoms with van der Waals surface area (Å²) in [5, 5.41) is 0. The molecule has 5 nitrogen and oxygen atoms in total. The molecule has 0 atom stereocenters. The van der Waals surface area contributed by atoms with Crippen molar-refractivity contribution in [3.8, 4) is 0 Å². The van der Waals surface area contributed by atoms with Crippen LogP contribution < -0.4 is 10.9 Å². The van der Waals surface area contributed by atoms with Gasteiger partial charge in [0.2, 0.25) is 5.91 Å². The maximum atomic E-state index is 11.6. The molecule has 5 heteroatoms. The van der Waals surface area contributed by atoms with Crippen molar-refractivity contribution >= 4 is 11.8 Å². The Balaban J connectivity index is 2.09. The van der Waals surface area contributed by atoms with E-state index in [0.29, 0.717) is 12.0 Å². The van der Waals surface area contributed by atoms with Crippen molar-refractivity contribution in [2.45, 2.75) is 51.9 Å². The maximum Gasteiger partial charge on any atom is 0.271 e. The monoisotopic (exact) mass is 277 g/mol. The molecule has 2 amide bonds. The van der Waals surface area contributed by atoms with Gasteiger partial charge >= 0.3 is 0 Å². The first kappa shape index (κ1) is 16.1. The number of unbranched alkanes of at least 4 members (excludes halogenated alkanes) is 5. The minimum absolute atomic E-state index is 0.155. The highest BCUT2D eigenvalue weighted by Crippen LogP contribution is 2.06. The molecule has 1 aromatic heterocycles. The number of carbonyl (C=O) groups excluding carboxylic acids is 2. The number of hydrazine groups is 1. The molecular weight excluding hydrogens is 254 g/mol. The zero-order valence-corrected chi connectivity index (χ0v) is 12.0. The van der Waals surface area contributed by atoms with Gasteiger partial charge in [0, 0.05) is 18.8 Å². The highest BCUT2D eigenvalue weighted by atomic mass is 16.2. The van der Waals surface area contributed by atoms with Crippen LogP contribution in [0.5, 0.6) is 0 Å². The Morgan fingerprint density at radius 3 is 2.55 bits per heavy atom. The van der Waals surface area contributed by atoms with Gasteiger partial charge in [0.1, 0.15) is 0 Å². The molecule has 0 aliphatic carbocycles. The van der Waals surface area contributed by atoms with Gasteiger partial charge in [-0.3, -0.25) is 25.4 Å². The molecule has 1 rings (SSSR count). The zero-order valence-electron chi connectivity index (χ0n) is 12.0. The fourth-order valence-corrected chi connectivity index (χ4v) is 1.82. The van der Waals surface area contributed by atoms with Crippen LogP contribution in [-0.2, 0) is 4.79 Å². The molecule has 0 fully saturated rings. The fraction of sp³-hybridized carbons (Fsp3) is 0.533. The van der Waals surface area contributed by atoms with E-state index in [9.17, 15) is 9.59 Å². The Bertz CT molecular complexity index is 407. The van der Waals surface area contributed by atoms with Gasteiger partial charge in [-0.25, -0.2) is 0 Å². The second-order valence-electron chi connectivity index (χ2n) is 4.76. The number of amides is 2. The van der Waals surface area contributed by atoms with Gasteiger partial charge < -0.3 is 0 Å². The second kappa shape index (κ2) is 9.95. The van der Waals surface area contributed by atoms with E-state index < -0.39 is 0 Å². The summed E-state index contributed by atoms with van der Waals surface area (Å²) in [6, 6.07) is 3.31. The fourth-order valence-electron chi connectivity index (χ4n) is 1.82. The minimum atomic E-state index is -0.352. The first-order valence-corrected chi connectivity index (χ1v) is 7.23. The van der Waals surface area contributed by atoms with E-state index in [1.807, 2.05) is 0 Å². The number of carbonyl (C=O) groups is 2. The van der Waals surface area contributed by atoms with Crippen LogP contribution in [0.3, 0.4) is 0 Å². The van der Waals surface area contributed by atoms with Gasteiger partial charge in [-0.15, -0.1) is 0 Å². The van der Waals surface area contributed by atoms with Gasteiger partial charge in [-0.2, -0.15) is 0 Å². The Morgan fingerprint density at radius 1 is 1.10 bits per heavy atom. The van der Waals surface area contributed by atoms with E-state index >= 15 is 0 Å². The van der Waals surface area contributed by atoms with Crippen LogP contribution in [0.2, 0.25) is 0 Å². The van der Waals surface area contributed by atoms with E-state index in [1.165, 1.54) is 31.9 Å². The van der Waals surface area contributed by atoms with Crippen molar-refractivity contribution in [1.29, 1.82) is 0 Å². The topological polar surface area (TPSA) is 71.1 Å². The number of rotatable bonds is 8. The summed E-state index contributed by atoms with van der Waals surface area (Å²) in [5.41, 5.74) is 5.22. The van der Waals surface area contributed by atoms with Gasteiger partial charge in [0.25, 0.3) is 5.91 Å². The number of nitrogens with one attached hydrogen (secondary N) is 2. The summed E-state index contributed by atoms with van der Waals surface area (Å²) in [6.45, 7) is 2.18. The predicted molar refractivity (Wildman–Crippen MR) is 77.8 cm³/mol. The minimum Gasteiger partial charge on any atom is -0.273 e. The SMILES string of the molecule is CCCCCCCCC(=O)NNC(=O)c1cccnc1. The van der Waals surface area contributed by atoms with Crippen LogP contribution in [0.25, 0.3) is 0 Å². The van der Waals surface area contributed by atoms with Crippen molar-refractivity contribution in [2.24, 2.45) is 0 Å². The lowest BCUT2D eigenvalue weighted by Gasteiger charge is -2.07. The molecule has 0 spiro atoms. The standard InChI is InChI=1S/C15H23N3O2/c1-2-3-4-5-6-7-10-14(19)17-18-15(20)13-9-8-11-16-12-13/h8-9,11-12H,2-7,10H2,1H3,(H,17,19)(H,18,20). The molecule has 0 radical (unpaired) electrons. The van der Waals surface area contributed by atoms with Crippen LogP contribution in [0.4, 0.5) is 0 Å². The molecule has 0 unspecified atom stereocenters. The smallest absolute Gasteiger partial charge is 0.271 e. The molecule has 0 saturated heterocycles. The Kier molecular flexibility index (Phi) is 8.03. The maximum absolute atomic E-state index is 11.6. The summed E-state index contributed by atoms with van der Waals surface area (Å²) < 4.78 is 0. The molecule has 2 N–H and O–H groups in total. The highest BCUT2D eigenvalue weighted by molar-refractivity contribution is 5.94. The molecule has 110 valence electrons. The number of pyridine rings is 1. The Labute approximate surface area is 120 Å². The number of nitrogens with zero attached hydrogens (tertiary/aromatic N) is 1. The van der Waals surface area contributed by atoms with E-state index in [1.54, 1.807) is 18.3 Å². The molecule has 1 heterocycles. The lowest BCUT2D eigenvalue weighted by molar-refractivity contribution is -0.122. The summed E-state index contributed by atoms with van der Waals surface area (Å²) in [5.74, 6) is -0.507. The van der Waals surface area contributed by atoms with E-state index in [4.69, 9.17) is 0 Å². The van der Waals surface area contributed by atoms with Crippen LogP contribution >= 0.6 is 0 Å². The third-order valence-corrected chi connectivity index (χ3v) is 3.00.